The van der Waals surface area contributed by atoms with Gasteiger partial charge in [0.05, 0.1) is 24.5 Å². The van der Waals surface area contributed by atoms with Gasteiger partial charge >= 0.3 is 5.97 Å². The lowest BCUT2D eigenvalue weighted by Crippen LogP contribution is -2.56. The van der Waals surface area contributed by atoms with E-state index >= 15 is 0 Å². The van der Waals surface area contributed by atoms with Crippen molar-refractivity contribution in [3.05, 3.63) is 45.2 Å². The van der Waals surface area contributed by atoms with Gasteiger partial charge in [-0.2, -0.15) is 0 Å². The van der Waals surface area contributed by atoms with Crippen LogP contribution in [-0.4, -0.2) is 47.2 Å². The minimum absolute atomic E-state index is 0.0677. The molecule has 3 aliphatic heterocycles. The summed E-state index contributed by atoms with van der Waals surface area (Å²) in [7, 11) is 0. The molecule has 5 rings (SSSR count). The second-order valence-electron chi connectivity index (χ2n) is 10.4. The highest BCUT2D eigenvalue weighted by molar-refractivity contribution is 5.88. The molecule has 1 N–H and O–H groups in total. The number of alkyl halides is 4. The van der Waals surface area contributed by atoms with Crippen molar-refractivity contribution in [2.24, 2.45) is 5.41 Å². The standard InChI is InChI=1S/C24H24F4N2O4/c1-23(2,3)19-6-11-12(15-7-17(31)14(22(32)33)8-30(15)19)4-16(29-9-24(27,28)10-29)20-13(11)5-18(34-20)21(25)26/h4,7-8,18-19,21H,5-6,9-10H2,1-3H3,(H,32,33)/t18-,19+/m1/s1. The van der Waals surface area contributed by atoms with Gasteiger partial charge < -0.3 is 19.3 Å². The molecule has 2 atom stereocenters. The van der Waals surface area contributed by atoms with Gasteiger partial charge in [-0.05, 0) is 23.5 Å². The molecule has 2 aromatic rings. The summed E-state index contributed by atoms with van der Waals surface area (Å²) < 4.78 is 61.9. The van der Waals surface area contributed by atoms with Gasteiger partial charge in [0.2, 0.25) is 0 Å². The SMILES string of the molecule is CC(C)(C)[C@@H]1Cc2c(cc(N3CC(F)(F)C3)c3c2C[C@H](C(F)F)O3)-c2cc(=O)c(C(=O)O)cn21. The van der Waals surface area contributed by atoms with Crippen LogP contribution in [0.2, 0.25) is 0 Å². The van der Waals surface area contributed by atoms with Crippen molar-refractivity contribution in [1.29, 1.82) is 0 Å². The number of hydrogen-bond donors (Lipinski definition) is 1. The molecule has 1 fully saturated rings. The maximum absolute atomic E-state index is 13.7. The molecule has 4 heterocycles. The Bertz CT molecular complexity index is 1260. The van der Waals surface area contributed by atoms with Gasteiger partial charge in [0.15, 0.2) is 11.5 Å². The van der Waals surface area contributed by atoms with E-state index in [0.29, 0.717) is 28.9 Å². The minimum Gasteiger partial charge on any atom is -0.482 e. The summed E-state index contributed by atoms with van der Waals surface area (Å²) in [4.78, 5) is 25.6. The number of anilines is 1. The number of aromatic nitrogens is 1. The van der Waals surface area contributed by atoms with E-state index in [0.717, 1.165) is 5.56 Å². The number of aromatic carboxylic acids is 1. The van der Waals surface area contributed by atoms with Crippen molar-refractivity contribution in [2.45, 2.75) is 58.1 Å². The molecule has 0 spiro atoms. The van der Waals surface area contributed by atoms with Crippen LogP contribution in [0, 0.1) is 5.41 Å². The van der Waals surface area contributed by atoms with Crippen molar-refractivity contribution < 1.29 is 32.2 Å². The number of fused-ring (bicyclic) bond motifs is 5. The molecule has 1 aromatic carbocycles. The molecule has 34 heavy (non-hydrogen) atoms. The summed E-state index contributed by atoms with van der Waals surface area (Å²) in [5.74, 6) is -4.03. The molecule has 10 heteroatoms. The van der Waals surface area contributed by atoms with E-state index in [1.807, 2.05) is 20.8 Å². The summed E-state index contributed by atoms with van der Waals surface area (Å²) >= 11 is 0. The fourth-order valence-electron chi connectivity index (χ4n) is 5.20. The number of rotatable bonds is 3. The van der Waals surface area contributed by atoms with E-state index < -0.39 is 42.9 Å². The fourth-order valence-corrected chi connectivity index (χ4v) is 5.20. The summed E-state index contributed by atoms with van der Waals surface area (Å²) in [6.45, 7) is 4.80. The average molecular weight is 480 g/mol. The lowest BCUT2D eigenvalue weighted by atomic mass is 9.77. The molecule has 182 valence electrons. The highest BCUT2D eigenvalue weighted by Crippen LogP contribution is 2.52. The first-order chi connectivity index (χ1) is 15.8. The molecule has 6 nitrogen and oxygen atoms in total. The van der Waals surface area contributed by atoms with E-state index in [4.69, 9.17) is 4.74 Å². The van der Waals surface area contributed by atoms with Gasteiger partial charge in [0, 0.05) is 35.9 Å². The quantitative estimate of drug-likeness (QED) is 0.661. The summed E-state index contributed by atoms with van der Waals surface area (Å²) in [6, 6.07) is 2.58. The van der Waals surface area contributed by atoms with Crippen LogP contribution >= 0.6 is 0 Å². The molecular weight excluding hydrogens is 456 g/mol. The lowest BCUT2D eigenvalue weighted by Gasteiger charge is -2.43. The van der Waals surface area contributed by atoms with Crippen LogP contribution in [0.25, 0.3) is 11.3 Å². The smallest absolute Gasteiger partial charge is 0.341 e. The molecule has 1 aromatic heterocycles. The van der Waals surface area contributed by atoms with Gasteiger partial charge in [-0.1, -0.05) is 20.8 Å². The summed E-state index contributed by atoms with van der Waals surface area (Å²) in [5, 5.41) is 9.49. The van der Waals surface area contributed by atoms with Crippen molar-refractivity contribution in [3.63, 3.8) is 0 Å². The zero-order valence-electron chi connectivity index (χ0n) is 18.9. The molecule has 0 aliphatic carbocycles. The fraction of sp³-hybridized carbons (Fsp3) is 0.500. The monoisotopic (exact) mass is 480 g/mol. The number of halogens is 4. The predicted octanol–water partition coefficient (Wildman–Crippen LogP) is 4.38. The molecule has 0 radical (unpaired) electrons. The topological polar surface area (TPSA) is 71.8 Å². The molecule has 0 unspecified atom stereocenters. The normalized spacial score (nSPS) is 22.5. The Hall–Kier alpha value is -3.04. The number of ether oxygens (including phenoxy) is 1. The largest absolute Gasteiger partial charge is 0.482 e. The second-order valence-corrected chi connectivity index (χ2v) is 10.4. The first kappa shape index (κ1) is 22.7. The van der Waals surface area contributed by atoms with Crippen molar-refractivity contribution in [3.8, 4) is 17.0 Å². The first-order valence-corrected chi connectivity index (χ1v) is 11.0. The zero-order chi connectivity index (χ0) is 24.7. The summed E-state index contributed by atoms with van der Waals surface area (Å²) in [5.41, 5.74) is 1.14. The Morgan fingerprint density at radius 3 is 2.41 bits per heavy atom. The van der Waals surface area contributed by atoms with Crippen LogP contribution in [0.4, 0.5) is 23.2 Å². The number of carbonyl (C=O) groups is 1. The Morgan fingerprint density at radius 1 is 1.18 bits per heavy atom. The van der Waals surface area contributed by atoms with E-state index in [1.165, 1.54) is 17.2 Å². The third-order valence-electron chi connectivity index (χ3n) is 6.94. The van der Waals surface area contributed by atoms with Crippen molar-refractivity contribution in [1.82, 2.24) is 4.57 Å². The van der Waals surface area contributed by atoms with Crippen LogP contribution in [0.1, 0.15) is 48.3 Å². The second kappa shape index (κ2) is 7.23. The van der Waals surface area contributed by atoms with E-state index in [-0.39, 0.29) is 29.2 Å². The van der Waals surface area contributed by atoms with Crippen LogP contribution < -0.4 is 15.1 Å². The Morgan fingerprint density at radius 2 is 1.85 bits per heavy atom. The van der Waals surface area contributed by atoms with Gasteiger partial charge in [-0.25, -0.2) is 22.4 Å². The predicted molar refractivity (Wildman–Crippen MR) is 117 cm³/mol. The molecule has 3 aliphatic rings. The Balaban J connectivity index is 1.76. The minimum atomic E-state index is -2.88. The van der Waals surface area contributed by atoms with E-state index in [2.05, 4.69) is 0 Å². The Labute approximate surface area is 192 Å². The van der Waals surface area contributed by atoms with Crippen LogP contribution in [0.3, 0.4) is 0 Å². The number of benzene rings is 1. The lowest BCUT2D eigenvalue weighted by molar-refractivity contribution is -0.0269. The van der Waals surface area contributed by atoms with Gasteiger partial charge in [-0.3, -0.25) is 4.79 Å². The highest BCUT2D eigenvalue weighted by Gasteiger charge is 2.47. The van der Waals surface area contributed by atoms with Crippen molar-refractivity contribution in [2.75, 3.05) is 18.0 Å². The van der Waals surface area contributed by atoms with Crippen LogP contribution in [0.5, 0.6) is 5.75 Å². The van der Waals surface area contributed by atoms with Crippen LogP contribution in [-0.2, 0) is 12.8 Å². The van der Waals surface area contributed by atoms with Crippen molar-refractivity contribution >= 4 is 11.7 Å². The summed E-state index contributed by atoms with van der Waals surface area (Å²) in [6.07, 6.45) is -2.48. The third-order valence-corrected chi connectivity index (χ3v) is 6.94. The number of carboxylic acids is 1. The number of hydrogen-bond acceptors (Lipinski definition) is 4. The number of nitrogens with zero attached hydrogens (tertiary/aromatic N) is 2. The zero-order valence-corrected chi connectivity index (χ0v) is 18.9. The third kappa shape index (κ3) is 3.45. The van der Waals surface area contributed by atoms with Gasteiger partial charge in [0.1, 0.15) is 11.3 Å². The highest BCUT2D eigenvalue weighted by atomic mass is 19.3. The molecule has 0 bridgehead atoms. The molecular formula is C24H24F4N2O4. The number of carboxylic acid groups (broad SMARTS) is 1. The maximum Gasteiger partial charge on any atom is 0.341 e. The average Bonchev–Trinajstić information content (AvgIpc) is 3.15. The molecule has 0 amide bonds. The first-order valence-electron chi connectivity index (χ1n) is 11.0. The number of pyridine rings is 1. The molecule has 1 saturated heterocycles. The van der Waals surface area contributed by atoms with E-state index in [1.54, 1.807) is 10.6 Å². The van der Waals surface area contributed by atoms with Crippen LogP contribution in [0.15, 0.2) is 23.1 Å². The molecule has 0 saturated carbocycles. The van der Waals surface area contributed by atoms with Gasteiger partial charge in [-0.15, -0.1) is 0 Å². The Kier molecular flexibility index (Phi) is 4.83. The van der Waals surface area contributed by atoms with Gasteiger partial charge in [0.25, 0.3) is 12.3 Å². The van der Waals surface area contributed by atoms with E-state index in [9.17, 15) is 32.3 Å². The maximum atomic E-state index is 13.7.